The molecular weight excluding hydrogens is 112 g/mol. The van der Waals surface area contributed by atoms with Crippen LogP contribution in [0.4, 0.5) is 0 Å². The van der Waals surface area contributed by atoms with Crippen LogP contribution >= 0.6 is 0 Å². The summed E-state index contributed by atoms with van der Waals surface area (Å²) in [6.07, 6.45) is 7.55. The van der Waals surface area contributed by atoms with Crippen LogP contribution in [0.1, 0.15) is 6.92 Å². The molecule has 1 unspecified atom stereocenters. The topological polar surface area (TPSA) is 24.7 Å². The van der Waals surface area contributed by atoms with Crippen molar-refractivity contribution in [2.24, 2.45) is 15.9 Å². The number of allylic oxidation sites excluding steroid dienone is 1. The van der Waals surface area contributed by atoms with Crippen molar-refractivity contribution in [3.05, 3.63) is 12.3 Å². The fourth-order valence-electron chi connectivity index (χ4n) is 0.617. The van der Waals surface area contributed by atoms with Crippen LogP contribution < -0.4 is 0 Å². The van der Waals surface area contributed by atoms with Gasteiger partial charge in [0.25, 0.3) is 0 Å². The van der Waals surface area contributed by atoms with Gasteiger partial charge in [-0.2, -0.15) is 0 Å². The summed E-state index contributed by atoms with van der Waals surface area (Å²) >= 11 is 0. The molecule has 2 nitrogen and oxygen atoms in total. The molecule has 0 N–H and O–H groups in total. The Morgan fingerprint density at radius 2 is 2.44 bits per heavy atom. The molecular formula is C7H10N2. The van der Waals surface area contributed by atoms with Gasteiger partial charge in [-0.15, -0.1) is 0 Å². The zero-order chi connectivity index (χ0) is 6.53. The van der Waals surface area contributed by atoms with Gasteiger partial charge in [-0.1, -0.05) is 13.0 Å². The van der Waals surface area contributed by atoms with E-state index in [9.17, 15) is 0 Å². The third-order valence-electron chi connectivity index (χ3n) is 1.11. The first-order valence-corrected chi connectivity index (χ1v) is 3.08. The Bertz CT molecular complexity index is 156. The predicted molar refractivity (Wildman–Crippen MR) is 40.2 cm³/mol. The second kappa shape index (κ2) is 3.17. The van der Waals surface area contributed by atoms with Crippen molar-refractivity contribution in [1.29, 1.82) is 0 Å². The van der Waals surface area contributed by atoms with Crippen LogP contribution in [0.5, 0.6) is 0 Å². The molecule has 1 aliphatic rings. The molecule has 0 saturated carbocycles. The van der Waals surface area contributed by atoms with Gasteiger partial charge in [-0.05, 0) is 0 Å². The minimum atomic E-state index is 0.433. The van der Waals surface area contributed by atoms with E-state index in [0.29, 0.717) is 12.5 Å². The molecule has 0 aromatic heterocycles. The summed E-state index contributed by atoms with van der Waals surface area (Å²) in [7, 11) is 0. The molecule has 0 aromatic rings. The van der Waals surface area contributed by atoms with Crippen molar-refractivity contribution in [1.82, 2.24) is 0 Å². The molecule has 1 rings (SSSR count). The molecule has 0 amide bonds. The van der Waals surface area contributed by atoms with E-state index in [1.165, 1.54) is 0 Å². The summed E-state index contributed by atoms with van der Waals surface area (Å²) in [5.41, 5.74) is 0. The molecule has 0 aliphatic carbocycles. The Morgan fingerprint density at radius 1 is 1.56 bits per heavy atom. The summed E-state index contributed by atoms with van der Waals surface area (Å²) < 4.78 is 0. The van der Waals surface area contributed by atoms with Crippen LogP contribution in [0.3, 0.4) is 0 Å². The Hall–Kier alpha value is -0.920. The molecule has 0 radical (unpaired) electrons. The predicted octanol–water partition coefficient (Wildman–Crippen LogP) is 1.29. The van der Waals surface area contributed by atoms with Crippen molar-refractivity contribution in [3.63, 3.8) is 0 Å². The van der Waals surface area contributed by atoms with Gasteiger partial charge in [-0.25, -0.2) is 0 Å². The first-order valence-electron chi connectivity index (χ1n) is 3.08. The molecule has 1 aliphatic heterocycles. The molecule has 2 heteroatoms. The second-order valence-electron chi connectivity index (χ2n) is 2.05. The standard InChI is InChI=1S/C7H10N2/c1-7-2-3-8-4-5-9-6-7/h2-4,6-7H,5H2,1H3/b3-2-,8-4?,9-6?. The highest BCUT2D eigenvalue weighted by atomic mass is 14.8. The van der Waals surface area contributed by atoms with E-state index < -0.39 is 0 Å². The number of hydrogen-bond donors (Lipinski definition) is 0. The molecule has 1 atom stereocenters. The van der Waals surface area contributed by atoms with Gasteiger partial charge in [0, 0.05) is 24.5 Å². The average Bonchev–Trinajstić information content (AvgIpc) is 1.79. The van der Waals surface area contributed by atoms with Gasteiger partial charge in [0.05, 0.1) is 6.54 Å². The SMILES string of the molecule is CC1C=NCC=N/C=C\1. The normalized spacial score (nSPS) is 29.2. The van der Waals surface area contributed by atoms with Crippen LogP contribution in [-0.4, -0.2) is 19.0 Å². The minimum absolute atomic E-state index is 0.433. The molecule has 0 aromatic carbocycles. The smallest absolute Gasteiger partial charge is 0.0738 e. The second-order valence-corrected chi connectivity index (χ2v) is 2.05. The van der Waals surface area contributed by atoms with E-state index in [-0.39, 0.29) is 0 Å². The first kappa shape index (κ1) is 6.20. The van der Waals surface area contributed by atoms with Gasteiger partial charge in [0.1, 0.15) is 0 Å². The fourth-order valence-corrected chi connectivity index (χ4v) is 0.617. The van der Waals surface area contributed by atoms with Gasteiger partial charge < -0.3 is 0 Å². The van der Waals surface area contributed by atoms with Crippen molar-refractivity contribution >= 4 is 12.4 Å². The van der Waals surface area contributed by atoms with E-state index in [4.69, 9.17) is 0 Å². The van der Waals surface area contributed by atoms with Gasteiger partial charge in [0.2, 0.25) is 0 Å². The highest BCUT2D eigenvalue weighted by Crippen LogP contribution is 1.94. The Labute approximate surface area is 55.0 Å². The average molecular weight is 122 g/mol. The number of nitrogens with zero attached hydrogens (tertiary/aromatic N) is 2. The van der Waals surface area contributed by atoms with E-state index >= 15 is 0 Å². The number of rotatable bonds is 0. The largest absolute Gasteiger partial charge is 0.291 e. The third kappa shape index (κ3) is 2.22. The summed E-state index contributed by atoms with van der Waals surface area (Å²) in [6.45, 7) is 2.80. The van der Waals surface area contributed by atoms with Gasteiger partial charge >= 0.3 is 0 Å². The molecule has 9 heavy (non-hydrogen) atoms. The first-order chi connectivity index (χ1) is 4.39. The lowest BCUT2D eigenvalue weighted by molar-refractivity contribution is 1.01. The lowest BCUT2D eigenvalue weighted by Crippen LogP contribution is -1.94. The van der Waals surface area contributed by atoms with Gasteiger partial charge in [-0.3, -0.25) is 9.98 Å². The van der Waals surface area contributed by atoms with Crippen LogP contribution in [0.25, 0.3) is 0 Å². The van der Waals surface area contributed by atoms with Crippen molar-refractivity contribution < 1.29 is 0 Å². The molecule has 1 heterocycles. The Kier molecular flexibility index (Phi) is 2.19. The molecule has 48 valence electrons. The summed E-state index contributed by atoms with van der Waals surface area (Å²) in [5, 5.41) is 0. The van der Waals surface area contributed by atoms with Crippen molar-refractivity contribution in [2.75, 3.05) is 6.54 Å². The van der Waals surface area contributed by atoms with E-state index in [1.54, 1.807) is 6.21 Å². The highest BCUT2D eigenvalue weighted by molar-refractivity contribution is 5.69. The monoisotopic (exact) mass is 122 g/mol. The maximum absolute atomic E-state index is 4.09. The van der Waals surface area contributed by atoms with Crippen LogP contribution in [0.2, 0.25) is 0 Å². The Morgan fingerprint density at radius 3 is 3.33 bits per heavy atom. The summed E-state index contributed by atoms with van der Waals surface area (Å²) in [5.74, 6) is 0.433. The van der Waals surface area contributed by atoms with Crippen LogP contribution in [0, 0.1) is 5.92 Å². The zero-order valence-electron chi connectivity index (χ0n) is 5.49. The maximum atomic E-state index is 4.09. The molecule has 0 fully saturated rings. The quantitative estimate of drug-likeness (QED) is 0.462. The van der Waals surface area contributed by atoms with E-state index in [0.717, 1.165) is 0 Å². The third-order valence-corrected chi connectivity index (χ3v) is 1.11. The highest BCUT2D eigenvalue weighted by Gasteiger charge is 1.89. The van der Waals surface area contributed by atoms with E-state index in [2.05, 4.69) is 16.9 Å². The fraction of sp³-hybridized carbons (Fsp3) is 0.429. The lowest BCUT2D eigenvalue weighted by Gasteiger charge is -1.96. The molecule has 0 spiro atoms. The lowest BCUT2D eigenvalue weighted by atomic mass is 10.2. The van der Waals surface area contributed by atoms with Crippen molar-refractivity contribution in [2.45, 2.75) is 6.92 Å². The van der Waals surface area contributed by atoms with Crippen LogP contribution in [-0.2, 0) is 0 Å². The Balaban J connectivity index is 2.61. The summed E-state index contributed by atoms with van der Waals surface area (Å²) in [4.78, 5) is 8.05. The molecule has 0 bridgehead atoms. The zero-order valence-corrected chi connectivity index (χ0v) is 5.49. The van der Waals surface area contributed by atoms with Gasteiger partial charge in [0.15, 0.2) is 0 Å². The molecule has 0 saturated heterocycles. The van der Waals surface area contributed by atoms with Crippen molar-refractivity contribution in [3.8, 4) is 0 Å². The number of aliphatic imine (C=N–C) groups is 2. The summed E-state index contributed by atoms with van der Waals surface area (Å²) in [6, 6.07) is 0. The minimum Gasteiger partial charge on any atom is -0.291 e. The number of hydrogen-bond acceptors (Lipinski definition) is 2. The van der Waals surface area contributed by atoms with Crippen LogP contribution in [0.15, 0.2) is 22.3 Å². The maximum Gasteiger partial charge on any atom is 0.0738 e. The van der Waals surface area contributed by atoms with E-state index in [1.807, 2.05) is 18.5 Å².